The third-order valence-corrected chi connectivity index (χ3v) is 4.46. The van der Waals surface area contributed by atoms with Crippen molar-refractivity contribution in [3.63, 3.8) is 0 Å². The van der Waals surface area contributed by atoms with Gasteiger partial charge in [0.15, 0.2) is 0 Å². The zero-order valence-electron chi connectivity index (χ0n) is 12.4. The second kappa shape index (κ2) is 5.98. The van der Waals surface area contributed by atoms with Gasteiger partial charge < -0.3 is 10.3 Å². The molecule has 1 aliphatic rings. The van der Waals surface area contributed by atoms with E-state index in [0.717, 1.165) is 6.54 Å². The van der Waals surface area contributed by atoms with Gasteiger partial charge in [-0.3, -0.25) is 4.90 Å². The molecule has 2 N–H and O–H groups in total. The molecule has 3 heteroatoms. The molecule has 2 heterocycles. The molecule has 3 nitrogen and oxygen atoms in total. The first-order valence-electron chi connectivity index (χ1n) is 7.77. The number of nitrogens with two attached hydrogens (primary N) is 1. The first kappa shape index (κ1) is 13.7. The quantitative estimate of drug-likeness (QED) is 0.931. The van der Waals surface area contributed by atoms with E-state index in [9.17, 15) is 0 Å². The van der Waals surface area contributed by atoms with E-state index in [2.05, 4.69) is 40.9 Å². The summed E-state index contributed by atoms with van der Waals surface area (Å²) in [6.45, 7) is 4.18. The normalized spacial score (nSPS) is 17.5. The van der Waals surface area contributed by atoms with Crippen LogP contribution in [0, 0.1) is 0 Å². The van der Waals surface area contributed by atoms with E-state index >= 15 is 0 Å². The summed E-state index contributed by atoms with van der Waals surface area (Å²) < 4.78 is 2.24. The Balaban J connectivity index is 1.89. The van der Waals surface area contributed by atoms with Crippen molar-refractivity contribution in [2.45, 2.75) is 38.8 Å². The number of hydrogen-bond acceptors (Lipinski definition) is 2. The zero-order chi connectivity index (χ0) is 13.9. The number of benzene rings is 1. The first-order valence-corrected chi connectivity index (χ1v) is 7.77. The van der Waals surface area contributed by atoms with Gasteiger partial charge in [0.25, 0.3) is 0 Å². The summed E-state index contributed by atoms with van der Waals surface area (Å²) in [6.07, 6.45) is 7.76. The van der Waals surface area contributed by atoms with Gasteiger partial charge in [0, 0.05) is 37.2 Å². The molecular formula is C17H25N3. The number of aromatic nitrogens is 1. The van der Waals surface area contributed by atoms with Crippen LogP contribution in [0.2, 0.25) is 0 Å². The molecule has 3 rings (SSSR count). The van der Waals surface area contributed by atoms with E-state index < -0.39 is 0 Å². The molecule has 2 aromatic rings. The van der Waals surface area contributed by atoms with Gasteiger partial charge in [0.2, 0.25) is 0 Å². The lowest BCUT2D eigenvalue weighted by Crippen LogP contribution is -2.23. The average molecular weight is 271 g/mol. The fourth-order valence-electron chi connectivity index (χ4n) is 3.31. The van der Waals surface area contributed by atoms with Crippen molar-refractivity contribution >= 4 is 10.9 Å². The van der Waals surface area contributed by atoms with E-state index in [1.54, 1.807) is 0 Å². The Hall–Kier alpha value is -1.32. The van der Waals surface area contributed by atoms with Gasteiger partial charge in [-0.1, -0.05) is 18.9 Å². The Morgan fingerprint density at radius 3 is 2.55 bits per heavy atom. The Bertz CT molecular complexity index is 577. The highest BCUT2D eigenvalue weighted by molar-refractivity contribution is 5.84. The van der Waals surface area contributed by atoms with E-state index in [-0.39, 0.29) is 0 Å². The van der Waals surface area contributed by atoms with Gasteiger partial charge in [0.1, 0.15) is 0 Å². The van der Waals surface area contributed by atoms with E-state index in [1.807, 2.05) is 0 Å². The molecule has 1 saturated heterocycles. The molecule has 0 amide bonds. The van der Waals surface area contributed by atoms with Crippen molar-refractivity contribution < 1.29 is 0 Å². The summed E-state index contributed by atoms with van der Waals surface area (Å²) in [7, 11) is 2.14. The number of likely N-dealkylation sites (tertiary alicyclic amines) is 1. The predicted octanol–water partition coefficient (Wildman–Crippen LogP) is 3.01. The highest BCUT2D eigenvalue weighted by Crippen LogP contribution is 2.24. The van der Waals surface area contributed by atoms with Gasteiger partial charge in [-0.15, -0.1) is 0 Å². The fourth-order valence-corrected chi connectivity index (χ4v) is 3.31. The van der Waals surface area contributed by atoms with Crippen LogP contribution in [0.4, 0.5) is 0 Å². The minimum atomic E-state index is 0.619. The summed E-state index contributed by atoms with van der Waals surface area (Å²) >= 11 is 0. The SMILES string of the molecule is Cn1cc(CN2CCCCCC2)c2cc(CN)ccc21. The van der Waals surface area contributed by atoms with Crippen molar-refractivity contribution in [3.05, 3.63) is 35.5 Å². The number of nitrogens with zero attached hydrogens (tertiary/aromatic N) is 2. The summed E-state index contributed by atoms with van der Waals surface area (Å²) in [5.41, 5.74) is 9.76. The molecule has 0 atom stereocenters. The van der Waals surface area contributed by atoms with Crippen LogP contribution in [-0.2, 0) is 20.1 Å². The van der Waals surface area contributed by atoms with Gasteiger partial charge in [0.05, 0.1) is 0 Å². The molecule has 0 aliphatic carbocycles. The lowest BCUT2D eigenvalue weighted by atomic mass is 10.1. The molecule has 1 fully saturated rings. The maximum Gasteiger partial charge on any atom is 0.0481 e. The van der Waals surface area contributed by atoms with Gasteiger partial charge >= 0.3 is 0 Å². The van der Waals surface area contributed by atoms with Crippen molar-refractivity contribution in [1.29, 1.82) is 0 Å². The molecule has 1 aliphatic heterocycles. The van der Waals surface area contributed by atoms with Crippen LogP contribution < -0.4 is 5.73 Å². The molecular weight excluding hydrogens is 246 g/mol. The third kappa shape index (κ3) is 2.74. The molecule has 20 heavy (non-hydrogen) atoms. The van der Waals surface area contributed by atoms with E-state index in [1.165, 1.54) is 60.8 Å². The minimum absolute atomic E-state index is 0.619. The molecule has 0 spiro atoms. The van der Waals surface area contributed by atoms with Crippen molar-refractivity contribution in [1.82, 2.24) is 9.47 Å². The second-order valence-corrected chi connectivity index (χ2v) is 6.01. The van der Waals surface area contributed by atoms with Crippen molar-refractivity contribution in [2.75, 3.05) is 13.1 Å². The molecule has 0 radical (unpaired) electrons. The van der Waals surface area contributed by atoms with E-state index in [0.29, 0.717) is 6.54 Å². The van der Waals surface area contributed by atoms with Gasteiger partial charge in [-0.2, -0.15) is 0 Å². The fraction of sp³-hybridized carbons (Fsp3) is 0.529. The molecule has 0 bridgehead atoms. The zero-order valence-corrected chi connectivity index (χ0v) is 12.4. The Morgan fingerprint density at radius 1 is 1.10 bits per heavy atom. The summed E-state index contributed by atoms with van der Waals surface area (Å²) in [5, 5.41) is 1.37. The largest absolute Gasteiger partial charge is 0.350 e. The van der Waals surface area contributed by atoms with Crippen molar-refractivity contribution in [3.8, 4) is 0 Å². The smallest absolute Gasteiger partial charge is 0.0481 e. The summed E-state index contributed by atoms with van der Waals surface area (Å²) in [5.74, 6) is 0. The van der Waals surface area contributed by atoms with E-state index in [4.69, 9.17) is 5.73 Å². The number of hydrogen-bond donors (Lipinski definition) is 1. The highest BCUT2D eigenvalue weighted by Gasteiger charge is 2.13. The number of aryl methyl sites for hydroxylation is 1. The lowest BCUT2D eigenvalue weighted by molar-refractivity contribution is 0.278. The van der Waals surface area contributed by atoms with Crippen molar-refractivity contribution in [2.24, 2.45) is 12.8 Å². The standard InChI is InChI=1S/C17H25N3/c1-19-12-15(13-20-8-4-2-3-5-9-20)16-10-14(11-18)6-7-17(16)19/h6-7,10,12H,2-5,8-9,11,13,18H2,1H3. The monoisotopic (exact) mass is 271 g/mol. The molecule has 108 valence electrons. The molecule has 1 aromatic heterocycles. The molecule has 0 saturated carbocycles. The Morgan fingerprint density at radius 2 is 1.85 bits per heavy atom. The second-order valence-electron chi connectivity index (χ2n) is 6.01. The number of fused-ring (bicyclic) bond motifs is 1. The van der Waals surface area contributed by atoms with Crippen LogP contribution in [0.1, 0.15) is 36.8 Å². The topological polar surface area (TPSA) is 34.2 Å². The van der Waals surface area contributed by atoms with Gasteiger partial charge in [-0.25, -0.2) is 0 Å². The van der Waals surface area contributed by atoms with Crippen LogP contribution in [0.15, 0.2) is 24.4 Å². The average Bonchev–Trinajstić information content (AvgIpc) is 2.66. The van der Waals surface area contributed by atoms with Crippen LogP contribution in [-0.4, -0.2) is 22.6 Å². The highest BCUT2D eigenvalue weighted by atomic mass is 15.1. The predicted molar refractivity (Wildman–Crippen MR) is 84.6 cm³/mol. The molecule has 1 aromatic carbocycles. The lowest BCUT2D eigenvalue weighted by Gasteiger charge is -2.19. The first-order chi connectivity index (χ1) is 9.78. The van der Waals surface area contributed by atoms with Crippen LogP contribution in [0.3, 0.4) is 0 Å². The summed E-state index contributed by atoms with van der Waals surface area (Å²) in [6, 6.07) is 6.60. The Labute approximate surface area is 121 Å². The van der Waals surface area contributed by atoms with Crippen LogP contribution >= 0.6 is 0 Å². The molecule has 0 unspecified atom stereocenters. The maximum atomic E-state index is 5.79. The maximum absolute atomic E-state index is 5.79. The summed E-state index contributed by atoms with van der Waals surface area (Å²) in [4.78, 5) is 2.61. The minimum Gasteiger partial charge on any atom is -0.350 e. The third-order valence-electron chi connectivity index (χ3n) is 4.46. The number of rotatable bonds is 3. The van der Waals surface area contributed by atoms with Crippen LogP contribution in [0.5, 0.6) is 0 Å². The van der Waals surface area contributed by atoms with Crippen LogP contribution in [0.25, 0.3) is 10.9 Å². The van der Waals surface area contributed by atoms with Gasteiger partial charge in [-0.05, 0) is 49.2 Å². The Kier molecular flexibility index (Phi) is 4.08.